The van der Waals surface area contributed by atoms with E-state index in [2.05, 4.69) is 46.4 Å². The van der Waals surface area contributed by atoms with E-state index in [1.165, 1.54) is 11.3 Å². The number of aryl methyl sites for hydroxylation is 1. The first-order valence-electron chi connectivity index (χ1n) is 5.23. The Bertz CT molecular complexity index is 302. The molecule has 0 aromatic heterocycles. The van der Waals surface area contributed by atoms with E-state index in [1.807, 2.05) is 0 Å². The predicted molar refractivity (Wildman–Crippen MR) is 68.5 cm³/mol. The van der Waals surface area contributed by atoms with Crippen molar-refractivity contribution in [3.8, 4) is 0 Å². The Morgan fingerprint density at radius 1 is 1.33 bits per heavy atom. The maximum absolute atomic E-state index is 5.00. The average Bonchev–Trinajstić information content (AvgIpc) is 2.23. The van der Waals surface area contributed by atoms with Crippen LogP contribution < -0.4 is 5.32 Å². The molecule has 0 saturated heterocycles. The highest BCUT2D eigenvalue weighted by Crippen LogP contribution is 2.20. The van der Waals surface area contributed by atoms with Gasteiger partial charge in [0.15, 0.2) is 0 Å². The van der Waals surface area contributed by atoms with Crippen LogP contribution in [0.1, 0.15) is 18.4 Å². The van der Waals surface area contributed by atoms with Crippen molar-refractivity contribution in [2.45, 2.75) is 19.8 Å². The van der Waals surface area contributed by atoms with E-state index in [4.69, 9.17) is 4.74 Å². The van der Waals surface area contributed by atoms with Crippen LogP contribution in [0, 0.1) is 6.92 Å². The fraction of sp³-hybridized carbons (Fsp3) is 0.500. The maximum atomic E-state index is 5.00. The number of anilines is 1. The lowest BCUT2D eigenvalue weighted by atomic mass is 10.2. The molecule has 0 fully saturated rings. The van der Waals surface area contributed by atoms with Gasteiger partial charge in [0.1, 0.15) is 0 Å². The summed E-state index contributed by atoms with van der Waals surface area (Å²) in [7, 11) is 1.74. The molecule has 0 unspecified atom stereocenters. The topological polar surface area (TPSA) is 21.3 Å². The molecule has 1 rings (SSSR count). The predicted octanol–water partition coefficient (Wildman–Crippen LogP) is 3.60. The molecule has 0 atom stereocenters. The Hall–Kier alpha value is -0.540. The Morgan fingerprint density at radius 2 is 2.13 bits per heavy atom. The van der Waals surface area contributed by atoms with Gasteiger partial charge >= 0.3 is 0 Å². The third-order valence-corrected chi connectivity index (χ3v) is 2.78. The van der Waals surface area contributed by atoms with E-state index in [-0.39, 0.29) is 0 Å². The standard InChI is InChI=1S/C12H18BrNO/c1-10-5-6-11(13)9-12(10)14-7-3-4-8-15-2/h5-6,9,14H,3-4,7-8H2,1-2H3. The van der Waals surface area contributed by atoms with Gasteiger partial charge in [-0.15, -0.1) is 0 Å². The highest BCUT2D eigenvalue weighted by Gasteiger charge is 1.97. The summed E-state index contributed by atoms with van der Waals surface area (Å²) >= 11 is 3.47. The normalized spacial score (nSPS) is 10.3. The van der Waals surface area contributed by atoms with Gasteiger partial charge in [0.05, 0.1) is 0 Å². The van der Waals surface area contributed by atoms with Crippen LogP contribution in [0.25, 0.3) is 0 Å². The number of methoxy groups -OCH3 is 1. The second kappa shape index (κ2) is 6.85. The summed E-state index contributed by atoms with van der Waals surface area (Å²) in [6.45, 7) is 3.96. The number of hydrogen-bond acceptors (Lipinski definition) is 2. The third kappa shape index (κ3) is 4.67. The quantitative estimate of drug-likeness (QED) is 0.799. The van der Waals surface area contributed by atoms with Crippen molar-refractivity contribution in [3.05, 3.63) is 28.2 Å². The van der Waals surface area contributed by atoms with Crippen molar-refractivity contribution in [2.24, 2.45) is 0 Å². The summed E-state index contributed by atoms with van der Waals surface area (Å²) in [5.74, 6) is 0. The first kappa shape index (κ1) is 12.5. The van der Waals surface area contributed by atoms with E-state index in [1.54, 1.807) is 7.11 Å². The number of benzene rings is 1. The fourth-order valence-electron chi connectivity index (χ4n) is 1.38. The van der Waals surface area contributed by atoms with E-state index in [0.29, 0.717) is 0 Å². The molecule has 1 N–H and O–H groups in total. The van der Waals surface area contributed by atoms with Gasteiger partial charge < -0.3 is 10.1 Å². The molecule has 0 radical (unpaired) electrons. The van der Waals surface area contributed by atoms with Crippen LogP contribution in [0.4, 0.5) is 5.69 Å². The number of rotatable bonds is 6. The van der Waals surface area contributed by atoms with Gasteiger partial charge in [0.25, 0.3) is 0 Å². The molecule has 15 heavy (non-hydrogen) atoms. The number of ether oxygens (including phenoxy) is 1. The zero-order chi connectivity index (χ0) is 11.1. The Morgan fingerprint density at radius 3 is 2.87 bits per heavy atom. The largest absolute Gasteiger partial charge is 0.385 e. The van der Waals surface area contributed by atoms with Crippen molar-refractivity contribution in [3.63, 3.8) is 0 Å². The van der Waals surface area contributed by atoms with Crippen molar-refractivity contribution < 1.29 is 4.74 Å². The van der Waals surface area contributed by atoms with Gasteiger partial charge in [-0.1, -0.05) is 22.0 Å². The van der Waals surface area contributed by atoms with Crippen LogP contribution in [-0.4, -0.2) is 20.3 Å². The van der Waals surface area contributed by atoms with Crippen molar-refractivity contribution in [1.29, 1.82) is 0 Å². The second-order valence-corrected chi connectivity index (χ2v) is 4.50. The molecule has 0 aliphatic carbocycles. The van der Waals surface area contributed by atoms with Crippen LogP contribution in [-0.2, 0) is 4.74 Å². The van der Waals surface area contributed by atoms with Crippen LogP contribution in [0.3, 0.4) is 0 Å². The van der Waals surface area contributed by atoms with Crippen LogP contribution in [0.2, 0.25) is 0 Å². The highest BCUT2D eigenvalue weighted by molar-refractivity contribution is 9.10. The molecule has 0 aliphatic rings. The molecule has 1 aromatic carbocycles. The number of nitrogens with one attached hydrogen (secondary N) is 1. The maximum Gasteiger partial charge on any atom is 0.0462 e. The molecule has 1 aromatic rings. The molecule has 0 amide bonds. The molecule has 3 heteroatoms. The number of halogens is 1. The van der Waals surface area contributed by atoms with Crippen LogP contribution in [0.15, 0.2) is 22.7 Å². The van der Waals surface area contributed by atoms with Crippen molar-refractivity contribution in [1.82, 2.24) is 0 Å². The monoisotopic (exact) mass is 271 g/mol. The minimum absolute atomic E-state index is 0.846. The first-order chi connectivity index (χ1) is 7.24. The third-order valence-electron chi connectivity index (χ3n) is 2.29. The summed E-state index contributed by atoms with van der Waals surface area (Å²) < 4.78 is 6.12. The van der Waals surface area contributed by atoms with Gasteiger partial charge in [0.2, 0.25) is 0 Å². The average molecular weight is 272 g/mol. The summed E-state index contributed by atoms with van der Waals surface area (Å²) in [6, 6.07) is 6.29. The van der Waals surface area contributed by atoms with Gasteiger partial charge in [-0.2, -0.15) is 0 Å². The fourth-order valence-corrected chi connectivity index (χ4v) is 1.74. The zero-order valence-corrected chi connectivity index (χ0v) is 10.9. The molecule has 0 spiro atoms. The molecule has 84 valence electrons. The van der Waals surface area contributed by atoms with Gasteiger partial charge in [-0.05, 0) is 37.5 Å². The lowest BCUT2D eigenvalue weighted by Gasteiger charge is -2.09. The Balaban J connectivity index is 2.33. The molecule has 0 aliphatic heterocycles. The smallest absolute Gasteiger partial charge is 0.0462 e. The zero-order valence-electron chi connectivity index (χ0n) is 9.35. The summed E-state index contributed by atoms with van der Waals surface area (Å²) in [5.41, 5.74) is 2.49. The SMILES string of the molecule is COCCCCNc1cc(Br)ccc1C. The van der Waals surface area contributed by atoms with Gasteiger partial charge in [0, 0.05) is 30.4 Å². The molecular formula is C12H18BrNO. The summed E-state index contributed by atoms with van der Waals surface area (Å²) in [4.78, 5) is 0. The lowest BCUT2D eigenvalue weighted by molar-refractivity contribution is 0.194. The van der Waals surface area contributed by atoms with E-state index >= 15 is 0 Å². The highest BCUT2D eigenvalue weighted by atomic mass is 79.9. The minimum atomic E-state index is 0.846. The molecular weight excluding hydrogens is 254 g/mol. The van der Waals surface area contributed by atoms with E-state index < -0.39 is 0 Å². The Labute approximate surface area is 100 Å². The summed E-state index contributed by atoms with van der Waals surface area (Å²) in [5, 5.41) is 3.43. The molecule has 2 nitrogen and oxygen atoms in total. The van der Waals surface area contributed by atoms with Gasteiger partial charge in [-0.25, -0.2) is 0 Å². The number of unbranched alkanes of at least 4 members (excludes halogenated alkanes) is 1. The number of hydrogen-bond donors (Lipinski definition) is 1. The van der Waals surface area contributed by atoms with Crippen molar-refractivity contribution >= 4 is 21.6 Å². The molecule has 0 bridgehead atoms. The molecule has 0 heterocycles. The lowest BCUT2D eigenvalue weighted by Crippen LogP contribution is -2.04. The summed E-state index contributed by atoms with van der Waals surface area (Å²) in [6.07, 6.45) is 2.25. The minimum Gasteiger partial charge on any atom is -0.385 e. The van der Waals surface area contributed by atoms with Crippen LogP contribution in [0.5, 0.6) is 0 Å². The van der Waals surface area contributed by atoms with Gasteiger partial charge in [-0.3, -0.25) is 0 Å². The van der Waals surface area contributed by atoms with Crippen LogP contribution >= 0.6 is 15.9 Å². The Kier molecular flexibility index (Phi) is 5.73. The van der Waals surface area contributed by atoms with E-state index in [9.17, 15) is 0 Å². The van der Waals surface area contributed by atoms with E-state index in [0.717, 1.165) is 30.5 Å². The first-order valence-corrected chi connectivity index (χ1v) is 6.02. The second-order valence-electron chi connectivity index (χ2n) is 3.59. The van der Waals surface area contributed by atoms with Crippen molar-refractivity contribution in [2.75, 3.05) is 25.6 Å². The molecule has 0 saturated carbocycles.